The summed E-state index contributed by atoms with van der Waals surface area (Å²) in [5.41, 5.74) is 6.19. The SMILES string of the molecule is CCCN(CC(=O)OC)C(=O)COc1ccccc1N. The zero-order valence-corrected chi connectivity index (χ0v) is 11.8. The summed E-state index contributed by atoms with van der Waals surface area (Å²) in [6.45, 7) is 2.16. The number of esters is 1. The summed E-state index contributed by atoms with van der Waals surface area (Å²) >= 11 is 0. The first kappa shape index (κ1) is 15.8. The van der Waals surface area contributed by atoms with Crippen LogP contribution < -0.4 is 10.5 Å². The highest BCUT2D eigenvalue weighted by Crippen LogP contribution is 2.19. The van der Waals surface area contributed by atoms with E-state index in [0.29, 0.717) is 18.0 Å². The third-order valence-electron chi connectivity index (χ3n) is 2.66. The first-order valence-electron chi connectivity index (χ1n) is 6.40. The van der Waals surface area contributed by atoms with Gasteiger partial charge in [0.25, 0.3) is 5.91 Å². The van der Waals surface area contributed by atoms with Crippen LogP contribution in [0.3, 0.4) is 0 Å². The number of hydrogen-bond donors (Lipinski definition) is 1. The second-order valence-electron chi connectivity index (χ2n) is 4.22. The van der Waals surface area contributed by atoms with Gasteiger partial charge in [-0.05, 0) is 18.6 Å². The Kier molecular flexibility index (Phi) is 6.36. The van der Waals surface area contributed by atoms with E-state index in [1.165, 1.54) is 12.0 Å². The molecule has 1 aromatic carbocycles. The lowest BCUT2D eigenvalue weighted by Gasteiger charge is -2.21. The lowest BCUT2D eigenvalue weighted by atomic mass is 10.3. The fraction of sp³-hybridized carbons (Fsp3) is 0.429. The van der Waals surface area contributed by atoms with Crippen LogP contribution in [0.5, 0.6) is 5.75 Å². The van der Waals surface area contributed by atoms with Crippen LogP contribution in [-0.4, -0.2) is 43.6 Å². The standard InChI is InChI=1S/C14H20N2O4/c1-3-8-16(9-14(18)19-2)13(17)10-20-12-7-5-4-6-11(12)15/h4-7H,3,8-10,15H2,1-2H3. The smallest absolute Gasteiger partial charge is 0.325 e. The van der Waals surface area contributed by atoms with Crippen molar-refractivity contribution in [1.82, 2.24) is 4.90 Å². The number of para-hydroxylation sites is 2. The quantitative estimate of drug-likeness (QED) is 0.596. The molecule has 0 saturated heterocycles. The van der Waals surface area contributed by atoms with Gasteiger partial charge in [-0.25, -0.2) is 0 Å². The van der Waals surface area contributed by atoms with Gasteiger partial charge < -0.3 is 20.1 Å². The molecule has 0 radical (unpaired) electrons. The van der Waals surface area contributed by atoms with Crippen LogP contribution in [0.1, 0.15) is 13.3 Å². The Hall–Kier alpha value is -2.24. The minimum absolute atomic E-state index is 0.0726. The number of carbonyl (C=O) groups is 2. The molecule has 6 nitrogen and oxygen atoms in total. The van der Waals surface area contributed by atoms with Crippen LogP contribution in [0.25, 0.3) is 0 Å². The van der Waals surface area contributed by atoms with E-state index in [9.17, 15) is 9.59 Å². The fourth-order valence-electron chi connectivity index (χ4n) is 1.62. The molecule has 1 amide bonds. The van der Waals surface area contributed by atoms with Gasteiger partial charge in [0.1, 0.15) is 12.3 Å². The van der Waals surface area contributed by atoms with Crippen LogP contribution >= 0.6 is 0 Å². The van der Waals surface area contributed by atoms with Crippen molar-refractivity contribution in [3.8, 4) is 5.75 Å². The predicted molar refractivity (Wildman–Crippen MR) is 75.2 cm³/mol. The first-order chi connectivity index (χ1) is 9.58. The van der Waals surface area contributed by atoms with Gasteiger partial charge in [0.15, 0.2) is 6.61 Å². The van der Waals surface area contributed by atoms with E-state index >= 15 is 0 Å². The maximum Gasteiger partial charge on any atom is 0.325 e. The Balaban J connectivity index is 2.58. The highest BCUT2D eigenvalue weighted by atomic mass is 16.5. The molecular weight excluding hydrogens is 260 g/mol. The fourth-order valence-corrected chi connectivity index (χ4v) is 1.62. The Morgan fingerprint density at radius 2 is 2.00 bits per heavy atom. The normalized spacial score (nSPS) is 9.90. The number of methoxy groups -OCH3 is 1. The predicted octanol–water partition coefficient (Wildman–Crippen LogP) is 1.06. The molecule has 2 N–H and O–H groups in total. The van der Waals surface area contributed by atoms with Crippen molar-refractivity contribution in [2.45, 2.75) is 13.3 Å². The molecule has 6 heteroatoms. The number of nitrogens with two attached hydrogens (primary N) is 1. The number of nitrogens with zero attached hydrogens (tertiary/aromatic N) is 1. The molecule has 0 aromatic heterocycles. The lowest BCUT2D eigenvalue weighted by molar-refractivity contribution is -0.147. The van der Waals surface area contributed by atoms with E-state index in [0.717, 1.165) is 6.42 Å². The molecule has 110 valence electrons. The second-order valence-corrected chi connectivity index (χ2v) is 4.22. The molecular formula is C14H20N2O4. The van der Waals surface area contributed by atoms with E-state index in [1.54, 1.807) is 24.3 Å². The van der Waals surface area contributed by atoms with E-state index in [2.05, 4.69) is 4.74 Å². The van der Waals surface area contributed by atoms with Crippen LogP contribution in [0.15, 0.2) is 24.3 Å². The summed E-state index contributed by atoms with van der Waals surface area (Å²) in [4.78, 5) is 24.7. The largest absolute Gasteiger partial charge is 0.482 e. The topological polar surface area (TPSA) is 81.9 Å². The summed E-state index contributed by atoms with van der Waals surface area (Å²) in [5.74, 6) is -0.276. The van der Waals surface area contributed by atoms with Crippen LogP contribution in [0, 0.1) is 0 Å². The van der Waals surface area contributed by atoms with Crippen molar-refractivity contribution >= 4 is 17.6 Å². The van der Waals surface area contributed by atoms with Crippen molar-refractivity contribution < 1.29 is 19.1 Å². The first-order valence-corrected chi connectivity index (χ1v) is 6.40. The van der Waals surface area contributed by atoms with E-state index < -0.39 is 5.97 Å². The number of ether oxygens (including phenoxy) is 2. The third kappa shape index (κ3) is 4.79. The number of benzene rings is 1. The van der Waals surface area contributed by atoms with Crippen LogP contribution in [0.2, 0.25) is 0 Å². The number of anilines is 1. The maximum atomic E-state index is 12.0. The Morgan fingerprint density at radius 3 is 2.60 bits per heavy atom. The molecule has 0 fully saturated rings. The van der Waals surface area contributed by atoms with Gasteiger partial charge in [-0.15, -0.1) is 0 Å². The monoisotopic (exact) mass is 280 g/mol. The van der Waals surface area contributed by atoms with Crippen molar-refractivity contribution in [2.24, 2.45) is 0 Å². The van der Waals surface area contributed by atoms with Gasteiger partial charge in [0.2, 0.25) is 0 Å². The summed E-state index contributed by atoms with van der Waals surface area (Å²) < 4.78 is 9.94. The molecule has 1 aromatic rings. The Bertz CT molecular complexity index is 462. The molecule has 1 rings (SSSR count). The van der Waals surface area contributed by atoms with E-state index in [4.69, 9.17) is 10.5 Å². The Morgan fingerprint density at radius 1 is 1.30 bits per heavy atom. The van der Waals surface area contributed by atoms with Crippen LogP contribution in [-0.2, 0) is 14.3 Å². The van der Waals surface area contributed by atoms with Gasteiger partial charge in [0.05, 0.1) is 12.8 Å². The number of nitrogen functional groups attached to an aromatic ring is 1. The minimum Gasteiger partial charge on any atom is -0.482 e. The molecule has 0 atom stereocenters. The summed E-state index contributed by atoms with van der Waals surface area (Å²) in [6, 6.07) is 6.93. The van der Waals surface area contributed by atoms with E-state index in [-0.39, 0.29) is 19.1 Å². The lowest BCUT2D eigenvalue weighted by Crippen LogP contribution is -2.39. The third-order valence-corrected chi connectivity index (χ3v) is 2.66. The van der Waals surface area contributed by atoms with Crippen molar-refractivity contribution in [3.63, 3.8) is 0 Å². The van der Waals surface area contributed by atoms with Crippen LogP contribution in [0.4, 0.5) is 5.69 Å². The maximum absolute atomic E-state index is 12.0. The number of carbonyl (C=O) groups excluding carboxylic acids is 2. The Labute approximate surface area is 118 Å². The number of rotatable bonds is 7. The number of hydrogen-bond acceptors (Lipinski definition) is 5. The highest BCUT2D eigenvalue weighted by Gasteiger charge is 2.17. The average Bonchev–Trinajstić information content (AvgIpc) is 2.45. The average molecular weight is 280 g/mol. The van der Waals surface area contributed by atoms with Gasteiger partial charge >= 0.3 is 5.97 Å². The molecule has 20 heavy (non-hydrogen) atoms. The molecule has 0 heterocycles. The van der Waals surface area contributed by atoms with Gasteiger partial charge in [-0.2, -0.15) is 0 Å². The molecule has 0 saturated carbocycles. The van der Waals surface area contributed by atoms with E-state index in [1.807, 2.05) is 6.92 Å². The number of amides is 1. The minimum atomic E-state index is -0.453. The zero-order chi connectivity index (χ0) is 15.0. The molecule has 0 aliphatic carbocycles. The summed E-state index contributed by atoms with van der Waals surface area (Å²) in [5, 5.41) is 0. The zero-order valence-electron chi connectivity index (χ0n) is 11.8. The molecule has 0 aliphatic heterocycles. The van der Waals surface area contributed by atoms with Gasteiger partial charge in [-0.1, -0.05) is 19.1 Å². The van der Waals surface area contributed by atoms with Crippen molar-refractivity contribution in [2.75, 3.05) is 32.5 Å². The summed E-state index contributed by atoms with van der Waals surface area (Å²) in [7, 11) is 1.29. The second kappa shape index (κ2) is 8.04. The molecule has 0 unspecified atom stereocenters. The van der Waals surface area contributed by atoms with Gasteiger partial charge in [-0.3, -0.25) is 9.59 Å². The van der Waals surface area contributed by atoms with Crippen molar-refractivity contribution in [3.05, 3.63) is 24.3 Å². The molecule has 0 bridgehead atoms. The van der Waals surface area contributed by atoms with Crippen molar-refractivity contribution in [1.29, 1.82) is 0 Å². The molecule has 0 aliphatic rings. The summed E-state index contributed by atoms with van der Waals surface area (Å²) in [6.07, 6.45) is 0.746. The molecule has 0 spiro atoms. The van der Waals surface area contributed by atoms with Gasteiger partial charge in [0, 0.05) is 6.54 Å². The highest BCUT2D eigenvalue weighted by molar-refractivity contribution is 5.83.